The van der Waals surface area contributed by atoms with Crippen molar-refractivity contribution in [2.24, 2.45) is 0 Å². The maximum absolute atomic E-state index is 12.6. The third-order valence-electron chi connectivity index (χ3n) is 6.18. The molecule has 0 unspecified atom stereocenters. The van der Waals surface area contributed by atoms with Gasteiger partial charge in [-0.1, -0.05) is 66.7 Å². The largest absolute Gasteiger partial charge is 0.480 e. The predicted octanol–water partition coefficient (Wildman–Crippen LogP) is 4.11. The molecule has 0 fully saturated rings. The number of hydrogen-bond donors (Lipinski definition) is 2. The van der Waals surface area contributed by atoms with E-state index in [-0.39, 0.29) is 18.9 Å². The monoisotopic (exact) mass is 436 g/mol. The Morgan fingerprint density at radius 1 is 0.970 bits per heavy atom. The van der Waals surface area contributed by atoms with Crippen LogP contribution in [-0.4, -0.2) is 42.3 Å². The third kappa shape index (κ3) is 3.86. The first-order valence-electron chi connectivity index (χ1n) is 10.7. The number of ether oxygens (including phenoxy) is 1. The molecule has 0 saturated heterocycles. The summed E-state index contributed by atoms with van der Waals surface area (Å²) in [5.41, 5.74) is 5.97. The van der Waals surface area contributed by atoms with Gasteiger partial charge < -0.3 is 19.6 Å². The molecule has 7 heteroatoms. The van der Waals surface area contributed by atoms with Gasteiger partial charge in [-0.25, -0.2) is 9.59 Å². The quantitative estimate of drug-likeness (QED) is 0.446. The number of rotatable bonds is 6. The van der Waals surface area contributed by atoms with Crippen LogP contribution in [0.2, 0.25) is 0 Å². The average Bonchev–Trinajstić information content (AvgIpc) is 3.32. The van der Waals surface area contributed by atoms with Crippen LogP contribution in [0.4, 0.5) is 4.79 Å². The summed E-state index contributed by atoms with van der Waals surface area (Å²) in [4.78, 5) is 24.4. The molecule has 1 aromatic heterocycles. The van der Waals surface area contributed by atoms with Crippen LogP contribution in [0, 0.1) is 0 Å². The summed E-state index contributed by atoms with van der Waals surface area (Å²) >= 11 is 0. The van der Waals surface area contributed by atoms with Crippen molar-refractivity contribution in [1.29, 1.82) is 0 Å². The van der Waals surface area contributed by atoms with Gasteiger partial charge in [-0.15, -0.1) is 0 Å². The van der Waals surface area contributed by atoms with Crippen molar-refractivity contribution in [3.05, 3.63) is 95.7 Å². The summed E-state index contributed by atoms with van der Waals surface area (Å²) in [6, 6.07) is 22.4. The van der Waals surface area contributed by atoms with Crippen molar-refractivity contribution in [1.82, 2.24) is 9.79 Å². The lowest BCUT2D eigenvalue weighted by Gasteiger charge is -2.17. The van der Waals surface area contributed by atoms with Gasteiger partial charge in [0.1, 0.15) is 12.6 Å². The second kappa shape index (κ2) is 8.50. The minimum atomic E-state index is -1.15. The van der Waals surface area contributed by atoms with E-state index in [1.165, 1.54) is 4.48 Å². The van der Waals surface area contributed by atoms with Gasteiger partial charge in [0.05, 0.1) is 0 Å². The van der Waals surface area contributed by atoms with Crippen molar-refractivity contribution in [3.63, 3.8) is 0 Å². The lowest BCUT2D eigenvalue weighted by molar-refractivity contribution is -0.139. The molecule has 4 aromatic rings. The third-order valence-corrected chi connectivity index (χ3v) is 6.18. The Balaban J connectivity index is 1.29. The highest BCUT2D eigenvalue weighted by molar-refractivity contribution is 6.12. The van der Waals surface area contributed by atoms with E-state index >= 15 is 0 Å². The van der Waals surface area contributed by atoms with Gasteiger partial charge in [-0.2, -0.15) is 0 Å². The molecule has 1 atom stereocenters. The number of aliphatic carboxylic acids is 1. The molecule has 2 N–H and O–H groups in total. The molecule has 0 saturated carbocycles. The van der Waals surface area contributed by atoms with E-state index in [4.69, 9.17) is 12.7 Å². The standard InChI is InChI=1S/C26H21BN2O4/c27-29-14-16(17-7-5-6-12-24(17)29)13-23(25(30)31)28-26(32)33-15-22-20-10-3-1-8-18(20)19-9-2-4-11-21(19)22/h1-12,14,22-23H,13,15H2,(H,28,32)(H,30,31)/t23-/m0/s1. The van der Waals surface area contributed by atoms with Crippen LogP contribution in [0.5, 0.6) is 0 Å². The maximum atomic E-state index is 12.6. The summed E-state index contributed by atoms with van der Waals surface area (Å²) < 4.78 is 6.96. The molecule has 0 spiro atoms. The number of carbonyl (C=O) groups excluding carboxylic acids is 1. The minimum absolute atomic E-state index is 0.0875. The van der Waals surface area contributed by atoms with Gasteiger partial charge in [0.2, 0.25) is 7.98 Å². The molecular weight excluding hydrogens is 415 g/mol. The van der Waals surface area contributed by atoms with Crippen molar-refractivity contribution >= 4 is 30.9 Å². The number of carboxylic acids is 1. The van der Waals surface area contributed by atoms with Crippen molar-refractivity contribution in [2.75, 3.05) is 6.61 Å². The molecule has 1 aliphatic carbocycles. The summed E-state index contributed by atoms with van der Waals surface area (Å²) in [6.45, 7) is 0.119. The summed E-state index contributed by atoms with van der Waals surface area (Å²) in [5, 5.41) is 13.0. The van der Waals surface area contributed by atoms with Crippen LogP contribution in [0.15, 0.2) is 79.0 Å². The van der Waals surface area contributed by atoms with Gasteiger partial charge in [0.15, 0.2) is 0 Å². The number of para-hydroxylation sites is 1. The number of hydrogen-bond acceptors (Lipinski definition) is 3. The Bertz CT molecular complexity index is 1320. The molecule has 1 heterocycles. The predicted molar refractivity (Wildman–Crippen MR) is 126 cm³/mol. The number of carboxylic acid groups (broad SMARTS) is 1. The van der Waals surface area contributed by atoms with Gasteiger partial charge in [-0.05, 0) is 40.1 Å². The first kappa shape index (κ1) is 20.9. The number of alkyl carbamates (subject to hydrolysis) is 1. The second-order valence-corrected chi connectivity index (χ2v) is 8.14. The molecule has 162 valence electrons. The van der Waals surface area contributed by atoms with E-state index < -0.39 is 18.1 Å². The first-order valence-corrected chi connectivity index (χ1v) is 10.7. The fraction of sp³-hybridized carbons (Fsp3) is 0.154. The Hall–Kier alpha value is -4.00. The van der Waals surface area contributed by atoms with Crippen LogP contribution < -0.4 is 5.32 Å². The normalized spacial score (nSPS) is 13.3. The van der Waals surface area contributed by atoms with Gasteiger partial charge in [-0.3, -0.25) is 0 Å². The SMILES string of the molecule is [B]n1cc(C[C@H](NC(=O)OCC2c3ccccc3-c3ccccc32)C(=O)O)c2ccccc21. The number of nitrogens with one attached hydrogen (secondary N) is 1. The molecular formula is C26H21BN2O4. The maximum Gasteiger partial charge on any atom is 0.407 e. The summed E-state index contributed by atoms with van der Waals surface area (Å²) in [6.07, 6.45) is 1.00. The minimum Gasteiger partial charge on any atom is -0.480 e. The Labute approximate surface area is 192 Å². The highest BCUT2D eigenvalue weighted by atomic mass is 16.5. The van der Waals surface area contributed by atoms with Crippen LogP contribution in [0.3, 0.4) is 0 Å². The van der Waals surface area contributed by atoms with Crippen molar-refractivity contribution in [3.8, 4) is 11.1 Å². The number of aromatic nitrogens is 1. The zero-order valence-electron chi connectivity index (χ0n) is 17.8. The number of nitrogens with zero attached hydrogens (tertiary/aromatic N) is 1. The van der Waals surface area contributed by atoms with Crippen molar-refractivity contribution < 1.29 is 19.4 Å². The van der Waals surface area contributed by atoms with E-state index in [0.717, 1.165) is 38.7 Å². The molecule has 5 rings (SSSR count). The number of fused-ring (bicyclic) bond motifs is 4. The molecule has 1 aliphatic rings. The van der Waals surface area contributed by atoms with Crippen LogP contribution in [-0.2, 0) is 16.0 Å². The fourth-order valence-electron chi connectivity index (χ4n) is 4.64. The van der Waals surface area contributed by atoms with Crippen LogP contribution in [0.1, 0.15) is 22.6 Å². The van der Waals surface area contributed by atoms with E-state index in [1.807, 2.05) is 60.7 Å². The fourth-order valence-corrected chi connectivity index (χ4v) is 4.64. The molecule has 2 radical (unpaired) electrons. The number of amides is 1. The molecule has 3 aromatic carbocycles. The van der Waals surface area contributed by atoms with Gasteiger partial charge >= 0.3 is 12.1 Å². The first-order chi connectivity index (χ1) is 16.0. The van der Waals surface area contributed by atoms with Gasteiger partial charge in [0, 0.05) is 23.2 Å². The second-order valence-electron chi connectivity index (χ2n) is 8.14. The average molecular weight is 436 g/mol. The Kier molecular flexibility index (Phi) is 5.38. The lowest BCUT2D eigenvalue weighted by atomic mass is 9.98. The summed E-state index contributed by atoms with van der Waals surface area (Å²) in [5.74, 6) is -1.24. The van der Waals surface area contributed by atoms with Crippen molar-refractivity contribution in [2.45, 2.75) is 18.4 Å². The summed E-state index contributed by atoms with van der Waals surface area (Å²) in [7, 11) is 5.98. The highest BCUT2D eigenvalue weighted by Crippen LogP contribution is 2.44. The Morgan fingerprint density at radius 2 is 1.58 bits per heavy atom. The lowest BCUT2D eigenvalue weighted by Crippen LogP contribution is -2.42. The molecule has 0 aliphatic heterocycles. The molecule has 6 nitrogen and oxygen atoms in total. The molecule has 33 heavy (non-hydrogen) atoms. The van der Waals surface area contributed by atoms with E-state index in [0.29, 0.717) is 0 Å². The smallest absolute Gasteiger partial charge is 0.407 e. The topological polar surface area (TPSA) is 80.6 Å². The van der Waals surface area contributed by atoms with E-state index in [2.05, 4.69) is 17.4 Å². The van der Waals surface area contributed by atoms with Gasteiger partial charge in [0.25, 0.3) is 0 Å². The molecule has 1 amide bonds. The van der Waals surface area contributed by atoms with E-state index in [1.54, 1.807) is 6.20 Å². The Morgan fingerprint density at radius 3 is 2.24 bits per heavy atom. The van der Waals surface area contributed by atoms with Crippen LogP contribution in [0.25, 0.3) is 22.0 Å². The zero-order valence-corrected chi connectivity index (χ0v) is 17.8. The zero-order chi connectivity index (χ0) is 22.9. The van der Waals surface area contributed by atoms with Crippen LogP contribution >= 0.6 is 0 Å². The highest BCUT2D eigenvalue weighted by Gasteiger charge is 2.30. The molecule has 0 bridgehead atoms. The van der Waals surface area contributed by atoms with E-state index in [9.17, 15) is 14.7 Å². The number of benzene rings is 3. The number of carbonyl (C=O) groups is 2.